The fourth-order valence-corrected chi connectivity index (χ4v) is 2.10. The average Bonchev–Trinajstić information content (AvgIpc) is 2.55. The molecule has 0 bridgehead atoms. The summed E-state index contributed by atoms with van der Waals surface area (Å²) in [5.74, 6) is -2.70. The van der Waals surface area contributed by atoms with Crippen molar-refractivity contribution in [2.45, 2.75) is 51.8 Å². The molecular formula is C14H20BF2NO2. The van der Waals surface area contributed by atoms with Crippen LogP contribution in [0.1, 0.15) is 44.8 Å². The van der Waals surface area contributed by atoms with Gasteiger partial charge in [0.2, 0.25) is 0 Å². The van der Waals surface area contributed by atoms with E-state index >= 15 is 0 Å². The Morgan fingerprint density at radius 3 is 2.05 bits per heavy atom. The lowest BCUT2D eigenvalue weighted by atomic mass is 9.74. The van der Waals surface area contributed by atoms with Crippen molar-refractivity contribution in [2.24, 2.45) is 5.73 Å². The van der Waals surface area contributed by atoms with E-state index in [-0.39, 0.29) is 11.1 Å². The highest BCUT2D eigenvalue weighted by molar-refractivity contribution is 6.47. The molecule has 110 valence electrons. The predicted octanol–water partition coefficient (Wildman–Crippen LogP) is 2.90. The Kier molecular flexibility index (Phi) is 3.69. The van der Waals surface area contributed by atoms with Gasteiger partial charge < -0.3 is 15.0 Å². The third-order valence-corrected chi connectivity index (χ3v) is 4.23. The van der Waals surface area contributed by atoms with Crippen LogP contribution < -0.4 is 5.73 Å². The molecule has 2 N–H and O–H groups in total. The quantitative estimate of drug-likeness (QED) is 0.849. The Balaban J connectivity index is 2.30. The molecule has 0 aliphatic carbocycles. The summed E-state index contributed by atoms with van der Waals surface area (Å²) in [5.41, 5.74) is 5.19. The standard InChI is InChI=1S/C14H20BF2NO2/c1-8-6-7-9(11(17)10(8)16)12(18)15-19-13(2,3)14(4,5)20-15/h6-7,12H,18H2,1-5H3/t12-/m1/s1. The van der Waals surface area contributed by atoms with Crippen LogP contribution in [0.2, 0.25) is 0 Å². The molecule has 0 aromatic heterocycles. The minimum Gasteiger partial charge on any atom is -0.402 e. The smallest absolute Gasteiger partial charge is 0.402 e. The summed E-state index contributed by atoms with van der Waals surface area (Å²) >= 11 is 0. The first kappa shape index (κ1) is 15.4. The zero-order chi connectivity index (χ0) is 15.3. The molecule has 1 aliphatic heterocycles. The highest BCUT2D eigenvalue weighted by Gasteiger charge is 2.53. The van der Waals surface area contributed by atoms with Gasteiger partial charge in [-0.2, -0.15) is 0 Å². The predicted molar refractivity (Wildman–Crippen MR) is 74.1 cm³/mol. The van der Waals surface area contributed by atoms with Gasteiger partial charge in [-0.3, -0.25) is 0 Å². The van der Waals surface area contributed by atoms with Gasteiger partial charge in [-0.05, 0) is 40.2 Å². The zero-order valence-electron chi connectivity index (χ0n) is 12.5. The number of benzene rings is 1. The Labute approximate surface area is 118 Å². The first-order valence-corrected chi connectivity index (χ1v) is 6.62. The number of aryl methyl sites for hydroxylation is 1. The van der Waals surface area contributed by atoms with Crippen LogP contribution in [0.5, 0.6) is 0 Å². The molecule has 1 aromatic rings. The van der Waals surface area contributed by atoms with Crippen molar-refractivity contribution >= 4 is 7.12 Å². The number of hydrogen-bond acceptors (Lipinski definition) is 3. The van der Waals surface area contributed by atoms with Gasteiger partial charge in [-0.1, -0.05) is 12.1 Å². The maximum atomic E-state index is 14.0. The molecule has 0 unspecified atom stereocenters. The molecule has 3 nitrogen and oxygen atoms in total. The van der Waals surface area contributed by atoms with Gasteiger partial charge in [0.05, 0.1) is 17.1 Å². The van der Waals surface area contributed by atoms with Crippen molar-refractivity contribution in [1.29, 1.82) is 0 Å². The van der Waals surface area contributed by atoms with E-state index in [2.05, 4.69) is 0 Å². The van der Waals surface area contributed by atoms with Crippen LogP contribution in [0.25, 0.3) is 0 Å². The summed E-state index contributed by atoms with van der Waals surface area (Å²) in [6, 6.07) is 2.97. The monoisotopic (exact) mass is 283 g/mol. The first-order chi connectivity index (χ1) is 9.07. The van der Waals surface area contributed by atoms with Gasteiger partial charge in [0, 0.05) is 5.56 Å². The highest BCUT2D eigenvalue weighted by atomic mass is 19.2. The van der Waals surface area contributed by atoms with E-state index < -0.39 is 35.9 Å². The van der Waals surface area contributed by atoms with Crippen LogP contribution in [-0.4, -0.2) is 18.3 Å². The molecule has 1 heterocycles. The third kappa shape index (κ3) is 2.36. The third-order valence-electron chi connectivity index (χ3n) is 4.23. The molecule has 2 rings (SSSR count). The van der Waals surface area contributed by atoms with Crippen molar-refractivity contribution in [3.63, 3.8) is 0 Å². The number of halogens is 2. The summed E-state index contributed by atoms with van der Waals surface area (Å²) in [4.78, 5) is 0. The van der Waals surface area contributed by atoms with Crippen molar-refractivity contribution < 1.29 is 18.1 Å². The van der Waals surface area contributed by atoms with Gasteiger partial charge in [-0.25, -0.2) is 8.78 Å². The Bertz CT molecular complexity index is 518. The number of nitrogens with two attached hydrogens (primary N) is 1. The van der Waals surface area contributed by atoms with Crippen molar-refractivity contribution in [3.05, 3.63) is 34.9 Å². The van der Waals surface area contributed by atoms with Crippen LogP contribution >= 0.6 is 0 Å². The number of hydrogen-bond donors (Lipinski definition) is 1. The molecule has 1 saturated heterocycles. The van der Waals surface area contributed by atoms with E-state index in [1.807, 2.05) is 27.7 Å². The Morgan fingerprint density at radius 2 is 1.55 bits per heavy atom. The maximum absolute atomic E-state index is 14.0. The minimum absolute atomic E-state index is 0.0617. The van der Waals surface area contributed by atoms with Gasteiger partial charge in [-0.15, -0.1) is 0 Å². The second kappa shape index (κ2) is 4.79. The summed E-state index contributed by atoms with van der Waals surface area (Å²) in [6.45, 7) is 9.03. The molecule has 1 fully saturated rings. The van der Waals surface area contributed by atoms with E-state index in [0.717, 1.165) is 0 Å². The van der Waals surface area contributed by atoms with E-state index in [0.29, 0.717) is 0 Å². The van der Waals surface area contributed by atoms with E-state index in [1.165, 1.54) is 19.1 Å². The molecule has 0 saturated carbocycles. The largest absolute Gasteiger partial charge is 0.480 e. The van der Waals surface area contributed by atoms with E-state index in [9.17, 15) is 8.78 Å². The summed E-state index contributed by atoms with van der Waals surface area (Å²) in [7, 11) is -0.809. The molecule has 0 amide bonds. The van der Waals surface area contributed by atoms with Gasteiger partial charge in [0.25, 0.3) is 0 Å². The van der Waals surface area contributed by atoms with Gasteiger partial charge in [0.15, 0.2) is 11.6 Å². The lowest BCUT2D eigenvalue weighted by Gasteiger charge is -2.32. The molecule has 0 spiro atoms. The molecular weight excluding hydrogens is 263 g/mol. The molecule has 20 heavy (non-hydrogen) atoms. The van der Waals surface area contributed by atoms with Crippen LogP contribution in [0.3, 0.4) is 0 Å². The van der Waals surface area contributed by atoms with Crippen LogP contribution in [-0.2, 0) is 9.31 Å². The Hall–Kier alpha value is -0.975. The molecule has 0 radical (unpaired) electrons. The van der Waals surface area contributed by atoms with Crippen LogP contribution in [0, 0.1) is 18.6 Å². The molecule has 1 atom stereocenters. The Morgan fingerprint density at radius 1 is 1.05 bits per heavy atom. The first-order valence-electron chi connectivity index (χ1n) is 6.62. The average molecular weight is 283 g/mol. The van der Waals surface area contributed by atoms with Crippen molar-refractivity contribution in [2.75, 3.05) is 0 Å². The summed E-state index contributed by atoms with van der Waals surface area (Å²) in [6.07, 6.45) is 0. The fourth-order valence-electron chi connectivity index (χ4n) is 2.10. The second-order valence-electron chi connectivity index (χ2n) is 6.25. The van der Waals surface area contributed by atoms with Gasteiger partial charge in [0.1, 0.15) is 0 Å². The number of rotatable bonds is 2. The molecule has 1 aliphatic rings. The minimum atomic E-state index is -0.938. The lowest BCUT2D eigenvalue weighted by Crippen LogP contribution is -2.41. The zero-order valence-corrected chi connectivity index (χ0v) is 12.5. The molecule has 1 aromatic carbocycles. The molecule has 6 heteroatoms. The summed E-state index contributed by atoms with van der Waals surface area (Å²) < 4.78 is 39.2. The van der Waals surface area contributed by atoms with E-state index in [1.54, 1.807) is 0 Å². The lowest BCUT2D eigenvalue weighted by molar-refractivity contribution is 0.00578. The normalized spacial score (nSPS) is 22.1. The van der Waals surface area contributed by atoms with Crippen molar-refractivity contribution in [1.82, 2.24) is 0 Å². The fraction of sp³-hybridized carbons (Fsp3) is 0.571. The summed E-state index contributed by atoms with van der Waals surface area (Å²) in [5, 5.41) is 0. The van der Waals surface area contributed by atoms with Crippen LogP contribution in [0.4, 0.5) is 8.78 Å². The SMILES string of the molecule is Cc1ccc([C@@H](N)B2OC(C)(C)C(C)(C)O2)c(F)c1F. The topological polar surface area (TPSA) is 44.5 Å². The second-order valence-corrected chi connectivity index (χ2v) is 6.25. The van der Waals surface area contributed by atoms with E-state index in [4.69, 9.17) is 15.0 Å². The van der Waals surface area contributed by atoms with Gasteiger partial charge >= 0.3 is 7.12 Å². The maximum Gasteiger partial charge on any atom is 0.480 e. The van der Waals surface area contributed by atoms with Crippen LogP contribution in [0.15, 0.2) is 12.1 Å². The van der Waals surface area contributed by atoms with Crippen molar-refractivity contribution in [3.8, 4) is 0 Å². The highest BCUT2D eigenvalue weighted by Crippen LogP contribution is 2.40.